The molecule has 0 fully saturated rings. The van der Waals surface area contributed by atoms with Gasteiger partial charge in [-0.2, -0.15) is 0 Å². The number of rotatable bonds is 8. The number of carbonyl (C=O) groups excluding carboxylic acids is 2. The number of nitrogens with zero attached hydrogens (tertiary/aromatic N) is 1. The molecule has 186 valence electrons. The summed E-state index contributed by atoms with van der Waals surface area (Å²) in [4.78, 5) is 23.0. The summed E-state index contributed by atoms with van der Waals surface area (Å²) in [6, 6.07) is 16.1. The van der Waals surface area contributed by atoms with E-state index in [2.05, 4.69) is 16.5 Å². The summed E-state index contributed by atoms with van der Waals surface area (Å²) in [6.45, 7) is 11.7. The van der Waals surface area contributed by atoms with Crippen molar-refractivity contribution in [1.29, 1.82) is 0 Å². The summed E-state index contributed by atoms with van der Waals surface area (Å²) >= 11 is 0. The molecule has 0 radical (unpaired) electrons. The van der Waals surface area contributed by atoms with Crippen molar-refractivity contribution in [3.05, 3.63) is 88.6 Å². The van der Waals surface area contributed by atoms with E-state index in [1.165, 1.54) is 7.05 Å². The maximum absolute atomic E-state index is 12.4. The van der Waals surface area contributed by atoms with Gasteiger partial charge in [-0.15, -0.1) is 0 Å². The van der Waals surface area contributed by atoms with Crippen molar-refractivity contribution in [2.45, 2.75) is 54.1 Å². The lowest BCUT2D eigenvalue weighted by Gasteiger charge is -2.15. The van der Waals surface area contributed by atoms with Gasteiger partial charge in [0, 0.05) is 31.3 Å². The maximum Gasteiger partial charge on any atom is 0.250 e. The predicted octanol–water partition coefficient (Wildman–Crippen LogP) is 4.61. The SMILES string of the molecule is C/C=C\c1ccc(CNC(=O)C2=CN(Cc3ccc(CC=O)cc3)NC2)cc1.CC.CC.CN. The van der Waals surface area contributed by atoms with Crippen LogP contribution >= 0.6 is 0 Å². The highest BCUT2D eigenvalue weighted by atomic mass is 16.1. The first-order valence-electron chi connectivity index (χ1n) is 12.0. The molecule has 3 rings (SSSR count). The number of amides is 1. The van der Waals surface area contributed by atoms with Crippen LogP contribution in [-0.4, -0.2) is 30.8 Å². The summed E-state index contributed by atoms with van der Waals surface area (Å²) in [5.41, 5.74) is 12.8. The third-order valence-corrected chi connectivity index (χ3v) is 4.56. The van der Waals surface area contributed by atoms with Crippen molar-refractivity contribution in [3.8, 4) is 0 Å². The molecule has 34 heavy (non-hydrogen) atoms. The third-order valence-electron chi connectivity index (χ3n) is 4.56. The van der Waals surface area contributed by atoms with E-state index in [4.69, 9.17) is 0 Å². The van der Waals surface area contributed by atoms with Crippen LogP contribution in [0.15, 0.2) is 66.4 Å². The number of aldehydes is 1. The van der Waals surface area contributed by atoms with Crippen LogP contribution in [0.1, 0.15) is 56.9 Å². The quantitative estimate of drug-likeness (QED) is 0.495. The number of nitrogens with one attached hydrogen (secondary N) is 2. The standard InChI is InChI=1S/C23H25N3O2.2C2H6.CH5N/c1-2-3-18-4-8-20(9-5-18)14-24-23(28)22-15-25-26(17-22)16-21-10-6-19(7-11-21)12-13-27;3*1-2/h2-11,13,17,25H,12,14-16H2,1H3,(H,24,28);2*1-2H3;2H2,1H3/b3-2-;;;. The number of carbonyl (C=O) groups is 2. The van der Waals surface area contributed by atoms with Gasteiger partial charge in [-0.25, -0.2) is 5.43 Å². The third kappa shape index (κ3) is 11.1. The van der Waals surface area contributed by atoms with Crippen LogP contribution in [0.25, 0.3) is 6.08 Å². The lowest BCUT2D eigenvalue weighted by atomic mass is 10.1. The summed E-state index contributed by atoms with van der Waals surface area (Å²) in [7, 11) is 1.50. The van der Waals surface area contributed by atoms with E-state index in [0.717, 1.165) is 28.5 Å². The molecular weight excluding hydrogens is 424 g/mol. The monoisotopic (exact) mass is 466 g/mol. The molecule has 6 heteroatoms. The topological polar surface area (TPSA) is 87.5 Å². The zero-order valence-corrected chi connectivity index (χ0v) is 21.6. The van der Waals surface area contributed by atoms with Crippen molar-refractivity contribution in [1.82, 2.24) is 15.8 Å². The number of hydrazine groups is 1. The van der Waals surface area contributed by atoms with Gasteiger partial charge in [0.2, 0.25) is 5.91 Å². The summed E-state index contributed by atoms with van der Waals surface area (Å²) in [6.07, 6.45) is 7.24. The average Bonchev–Trinajstić information content (AvgIpc) is 3.37. The molecule has 2 aromatic carbocycles. The van der Waals surface area contributed by atoms with E-state index in [9.17, 15) is 9.59 Å². The van der Waals surface area contributed by atoms with Gasteiger partial charge in [0.05, 0.1) is 6.54 Å². The van der Waals surface area contributed by atoms with E-state index in [0.29, 0.717) is 31.6 Å². The Morgan fingerprint density at radius 2 is 1.53 bits per heavy atom. The molecule has 4 N–H and O–H groups in total. The van der Waals surface area contributed by atoms with Gasteiger partial charge < -0.3 is 20.9 Å². The molecule has 0 aliphatic carbocycles. The predicted molar refractivity (Wildman–Crippen MR) is 144 cm³/mol. The Morgan fingerprint density at radius 1 is 0.971 bits per heavy atom. The lowest BCUT2D eigenvalue weighted by molar-refractivity contribution is -0.117. The Kier molecular flexibility index (Phi) is 17.4. The lowest BCUT2D eigenvalue weighted by Crippen LogP contribution is -2.29. The highest BCUT2D eigenvalue weighted by Crippen LogP contribution is 2.12. The van der Waals surface area contributed by atoms with E-state index in [1.54, 1.807) is 0 Å². The van der Waals surface area contributed by atoms with Gasteiger partial charge in [-0.1, -0.05) is 88.4 Å². The molecule has 0 bridgehead atoms. The Hall–Kier alpha value is -3.22. The van der Waals surface area contributed by atoms with Crippen LogP contribution < -0.4 is 16.5 Å². The molecule has 0 spiro atoms. The van der Waals surface area contributed by atoms with Gasteiger partial charge in [0.1, 0.15) is 6.29 Å². The second-order valence-corrected chi connectivity index (χ2v) is 6.73. The fourth-order valence-corrected chi connectivity index (χ4v) is 3.02. The smallest absolute Gasteiger partial charge is 0.250 e. The molecule has 0 aromatic heterocycles. The van der Waals surface area contributed by atoms with Crippen LogP contribution in [0.3, 0.4) is 0 Å². The van der Waals surface area contributed by atoms with Gasteiger partial charge in [0.25, 0.3) is 0 Å². The van der Waals surface area contributed by atoms with E-state index < -0.39 is 0 Å². The van der Waals surface area contributed by atoms with Gasteiger partial charge in [-0.05, 0) is 36.2 Å². The largest absolute Gasteiger partial charge is 0.348 e. The number of hydrogen-bond acceptors (Lipinski definition) is 5. The summed E-state index contributed by atoms with van der Waals surface area (Å²) < 4.78 is 0. The van der Waals surface area contributed by atoms with Gasteiger partial charge >= 0.3 is 0 Å². The highest BCUT2D eigenvalue weighted by Gasteiger charge is 2.18. The second-order valence-electron chi connectivity index (χ2n) is 6.73. The molecule has 1 amide bonds. The first-order chi connectivity index (χ1) is 16.7. The van der Waals surface area contributed by atoms with E-state index >= 15 is 0 Å². The van der Waals surface area contributed by atoms with E-state index in [1.807, 2.05) is 107 Å². The molecule has 0 unspecified atom stereocenters. The summed E-state index contributed by atoms with van der Waals surface area (Å²) in [5.74, 6) is -0.0612. The fraction of sp³-hybridized carbons (Fsp3) is 0.357. The van der Waals surface area contributed by atoms with Crippen LogP contribution in [0, 0.1) is 0 Å². The van der Waals surface area contributed by atoms with Gasteiger partial charge in [-0.3, -0.25) is 4.79 Å². The van der Waals surface area contributed by atoms with Crippen molar-refractivity contribution < 1.29 is 9.59 Å². The Morgan fingerprint density at radius 3 is 2.09 bits per heavy atom. The zero-order valence-electron chi connectivity index (χ0n) is 21.6. The first kappa shape index (κ1) is 30.8. The van der Waals surface area contributed by atoms with Gasteiger partial charge in [0.15, 0.2) is 0 Å². The highest BCUT2D eigenvalue weighted by molar-refractivity contribution is 5.94. The minimum Gasteiger partial charge on any atom is -0.348 e. The molecule has 2 aromatic rings. The maximum atomic E-state index is 12.4. The number of allylic oxidation sites excluding steroid dienone is 1. The minimum absolute atomic E-state index is 0.0612. The molecule has 1 heterocycles. The molecule has 6 nitrogen and oxygen atoms in total. The minimum atomic E-state index is -0.0612. The number of nitrogens with two attached hydrogens (primary N) is 1. The Balaban J connectivity index is 0.00000168. The normalized spacial score (nSPS) is 11.7. The zero-order chi connectivity index (χ0) is 25.8. The molecule has 1 aliphatic rings. The van der Waals surface area contributed by atoms with Crippen molar-refractivity contribution >= 4 is 18.3 Å². The van der Waals surface area contributed by atoms with Crippen molar-refractivity contribution in [3.63, 3.8) is 0 Å². The fourth-order valence-electron chi connectivity index (χ4n) is 3.02. The Labute approximate surface area is 205 Å². The van der Waals surface area contributed by atoms with Crippen LogP contribution in [0.5, 0.6) is 0 Å². The first-order valence-corrected chi connectivity index (χ1v) is 12.0. The molecule has 1 aliphatic heterocycles. The molecule has 0 saturated carbocycles. The van der Waals surface area contributed by atoms with Crippen molar-refractivity contribution in [2.75, 3.05) is 13.6 Å². The molecular formula is C28H42N4O2. The number of hydrogen-bond donors (Lipinski definition) is 3. The Bertz CT molecular complexity index is 872. The second kappa shape index (κ2) is 19.3. The summed E-state index contributed by atoms with van der Waals surface area (Å²) in [5, 5.41) is 4.89. The van der Waals surface area contributed by atoms with E-state index in [-0.39, 0.29) is 5.91 Å². The van der Waals surface area contributed by atoms with Crippen molar-refractivity contribution in [2.24, 2.45) is 5.73 Å². The molecule has 0 atom stereocenters. The number of benzene rings is 2. The average molecular weight is 467 g/mol. The van der Waals surface area contributed by atoms with Crippen LogP contribution in [0.4, 0.5) is 0 Å². The van der Waals surface area contributed by atoms with Crippen LogP contribution in [-0.2, 0) is 29.1 Å². The van der Waals surface area contributed by atoms with Crippen LogP contribution in [0.2, 0.25) is 0 Å². The molecule has 0 saturated heterocycles.